The molecule has 0 saturated heterocycles. The first-order valence-corrected chi connectivity index (χ1v) is 5.53. The first kappa shape index (κ1) is 14.2. The number of aliphatic hydroxyl groups is 2. The lowest BCUT2D eigenvalue weighted by molar-refractivity contribution is -0.114. The van der Waals surface area contributed by atoms with Crippen molar-refractivity contribution in [2.24, 2.45) is 0 Å². The fourth-order valence-corrected chi connectivity index (χ4v) is 1.30. The molecule has 7 heteroatoms. The summed E-state index contributed by atoms with van der Waals surface area (Å²) in [7, 11) is 0. The molecule has 1 aromatic rings. The van der Waals surface area contributed by atoms with Crippen molar-refractivity contribution < 1.29 is 19.7 Å². The maximum atomic E-state index is 10.9. The van der Waals surface area contributed by atoms with E-state index in [-0.39, 0.29) is 25.7 Å². The number of hydrogen-bond acceptors (Lipinski definition) is 6. The monoisotopic (exact) mass is 255 g/mol. The third-order valence-electron chi connectivity index (χ3n) is 1.93. The van der Waals surface area contributed by atoms with E-state index in [2.05, 4.69) is 15.6 Å². The van der Waals surface area contributed by atoms with Gasteiger partial charge in [0.25, 0.3) is 0 Å². The molecule has 0 aliphatic rings. The second-order valence-electron chi connectivity index (χ2n) is 3.48. The van der Waals surface area contributed by atoms with E-state index in [1.54, 1.807) is 6.07 Å². The summed E-state index contributed by atoms with van der Waals surface area (Å²) >= 11 is 0. The second-order valence-corrected chi connectivity index (χ2v) is 3.48. The van der Waals surface area contributed by atoms with E-state index >= 15 is 0 Å². The number of nitrogens with zero attached hydrogens (tertiary/aromatic N) is 1. The van der Waals surface area contributed by atoms with Gasteiger partial charge in [-0.25, -0.2) is 4.98 Å². The molecule has 1 aromatic heterocycles. The van der Waals surface area contributed by atoms with E-state index in [1.165, 1.54) is 13.1 Å². The molecule has 0 atom stereocenters. The van der Waals surface area contributed by atoms with Gasteiger partial charge in [-0.2, -0.15) is 0 Å². The van der Waals surface area contributed by atoms with Crippen LogP contribution in [0.4, 0.5) is 11.4 Å². The molecule has 18 heavy (non-hydrogen) atoms. The summed E-state index contributed by atoms with van der Waals surface area (Å²) in [6.07, 6.45) is 1.46. The topological polar surface area (TPSA) is 104 Å². The van der Waals surface area contributed by atoms with Crippen LogP contribution in [0.3, 0.4) is 0 Å². The average molecular weight is 255 g/mol. The fourth-order valence-electron chi connectivity index (χ4n) is 1.30. The standard InChI is InChI=1S/C11H17N3O4/c1-8(17)14-9-6-10(12-2-3-15)11(13-7-9)18-5-4-16/h6-7,12,15-16H,2-5H2,1H3,(H,14,17). The summed E-state index contributed by atoms with van der Waals surface area (Å²) < 4.78 is 5.23. The van der Waals surface area contributed by atoms with Gasteiger partial charge in [-0.3, -0.25) is 4.79 Å². The highest BCUT2D eigenvalue weighted by Gasteiger charge is 2.07. The Morgan fingerprint density at radius 2 is 2.22 bits per heavy atom. The van der Waals surface area contributed by atoms with Crippen molar-refractivity contribution in [3.63, 3.8) is 0 Å². The predicted octanol–water partition coefficient (Wildman–Crippen LogP) is -0.185. The Balaban J connectivity index is 2.84. The van der Waals surface area contributed by atoms with Gasteiger partial charge in [-0.1, -0.05) is 0 Å². The lowest BCUT2D eigenvalue weighted by Crippen LogP contribution is -2.12. The van der Waals surface area contributed by atoms with E-state index < -0.39 is 0 Å². The van der Waals surface area contributed by atoms with Gasteiger partial charge in [-0.15, -0.1) is 0 Å². The molecule has 1 amide bonds. The fraction of sp³-hybridized carbons (Fsp3) is 0.455. The maximum Gasteiger partial charge on any atom is 0.237 e. The molecule has 0 radical (unpaired) electrons. The third-order valence-corrected chi connectivity index (χ3v) is 1.93. The van der Waals surface area contributed by atoms with Gasteiger partial charge in [-0.05, 0) is 6.07 Å². The summed E-state index contributed by atoms with van der Waals surface area (Å²) in [6.45, 7) is 1.70. The Labute approximate surface area is 105 Å². The zero-order valence-electron chi connectivity index (χ0n) is 10.1. The number of carbonyl (C=O) groups is 1. The molecule has 1 rings (SSSR count). The lowest BCUT2D eigenvalue weighted by Gasteiger charge is -2.12. The van der Waals surface area contributed by atoms with E-state index in [1.807, 2.05) is 0 Å². The number of nitrogens with one attached hydrogen (secondary N) is 2. The number of aliphatic hydroxyl groups excluding tert-OH is 2. The van der Waals surface area contributed by atoms with Crippen molar-refractivity contribution in [2.45, 2.75) is 6.92 Å². The summed E-state index contributed by atoms with van der Waals surface area (Å²) in [4.78, 5) is 15.0. The highest BCUT2D eigenvalue weighted by Crippen LogP contribution is 2.24. The van der Waals surface area contributed by atoms with Crippen LogP contribution in [-0.4, -0.2) is 47.5 Å². The summed E-state index contributed by atoms with van der Waals surface area (Å²) in [5, 5.41) is 23.0. The Hall–Kier alpha value is -1.86. The van der Waals surface area contributed by atoms with Crippen molar-refractivity contribution in [3.8, 4) is 5.88 Å². The molecule has 4 N–H and O–H groups in total. The van der Waals surface area contributed by atoms with Gasteiger partial charge in [0, 0.05) is 13.5 Å². The minimum Gasteiger partial charge on any atom is -0.474 e. The first-order chi connectivity index (χ1) is 8.67. The highest BCUT2D eigenvalue weighted by molar-refractivity contribution is 5.89. The Kier molecular flexibility index (Phi) is 5.89. The average Bonchev–Trinajstić information content (AvgIpc) is 2.34. The predicted molar refractivity (Wildman–Crippen MR) is 66.7 cm³/mol. The minimum atomic E-state index is -0.200. The number of pyridine rings is 1. The quantitative estimate of drug-likeness (QED) is 0.538. The number of hydrogen-bond donors (Lipinski definition) is 4. The van der Waals surface area contributed by atoms with Gasteiger partial charge in [0.05, 0.1) is 30.8 Å². The zero-order valence-corrected chi connectivity index (χ0v) is 10.1. The van der Waals surface area contributed by atoms with Crippen molar-refractivity contribution in [2.75, 3.05) is 37.0 Å². The number of carbonyl (C=O) groups excluding carboxylic acids is 1. The Bertz CT molecular complexity index is 398. The van der Waals surface area contributed by atoms with Crippen molar-refractivity contribution in [1.82, 2.24) is 4.98 Å². The first-order valence-electron chi connectivity index (χ1n) is 5.53. The van der Waals surface area contributed by atoms with Crippen LogP contribution in [0.5, 0.6) is 5.88 Å². The van der Waals surface area contributed by atoms with Crippen molar-refractivity contribution >= 4 is 17.3 Å². The third kappa shape index (κ3) is 4.56. The Morgan fingerprint density at radius 3 is 2.83 bits per heavy atom. The van der Waals surface area contributed by atoms with E-state index in [4.69, 9.17) is 14.9 Å². The molecular formula is C11H17N3O4. The van der Waals surface area contributed by atoms with Crippen LogP contribution >= 0.6 is 0 Å². The summed E-state index contributed by atoms with van der Waals surface area (Å²) in [5.41, 5.74) is 1.07. The van der Waals surface area contributed by atoms with Crippen LogP contribution < -0.4 is 15.4 Å². The SMILES string of the molecule is CC(=O)Nc1cnc(OCCO)c(NCCO)c1. The molecule has 0 bridgehead atoms. The van der Waals surface area contributed by atoms with Gasteiger partial charge in [0.15, 0.2) is 0 Å². The van der Waals surface area contributed by atoms with Crippen LogP contribution in [0.25, 0.3) is 0 Å². The molecule has 0 unspecified atom stereocenters. The number of anilines is 2. The molecular weight excluding hydrogens is 238 g/mol. The Morgan fingerprint density at radius 1 is 1.44 bits per heavy atom. The number of rotatable bonds is 7. The summed E-state index contributed by atoms with van der Waals surface area (Å²) in [6, 6.07) is 1.65. The van der Waals surface area contributed by atoms with E-state index in [0.29, 0.717) is 23.8 Å². The molecule has 100 valence electrons. The highest BCUT2D eigenvalue weighted by atomic mass is 16.5. The lowest BCUT2D eigenvalue weighted by atomic mass is 10.3. The van der Waals surface area contributed by atoms with Crippen molar-refractivity contribution in [3.05, 3.63) is 12.3 Å². The number of amides is 1. The van der Waals surface area contributed by atoms with Crippen LogP contribution in [0.15, 0.2) is 12.3 Å². The zero-order chi connectivity index (χ0) is 13.4. The molecule has 1 heterocycles. The normalized spacial score (nSPS) is 9.94. The van der Waals surface area contributed by atoms with E-state index in [0.717, 1.165) is 0 Å². The maximum absolute atomic E-state index is 10.9. The van der Waals surface area contributed by atoms with Gasteiger partial charge in [0.2, 0.25) is 11.8 Å². The molecule has 7 nitrogen and oxygen atoms in total. The van der Waals surface area contributed by atoms with E-state index in [9.17, 15) is 4.79 Å². The van der Waals surface area contributed by atoms with Gasteiger partial charge in [0.1, 0.15) is 6.61 Å². The molecule has 0 aliphatic carbocycles. The largest absolute Gasteiger partial charge is 0.474 e. The number of ether oxygens (including phenoxy) is 1. The van der Waals surface area contributed by atoms with Gasteiger partial charge >= 0.3 is 0 Å². The van der Waals surface area contributed by atoms with Crippen LogP contribution in [0.1, 0.15) is 6.92 Å². The van der Waals surface area contributed by atoms with Gasteiger partial charge < -0.3 is 25.6 Å². The van der Waals surface area contributed by atoms with Crippen LogP contribution in [0, 0.1) is 0 Å². The van der Waals surface area contributed by atoms with Crippen LogP contribution in [0.2, 0.25) is 0 Å². The smallest absolute Gasteiger partial charge is 0.237 e. The summed E-state index contributed by atoms with van der Waals surface area (Å²) in [5.74, 6) is 0.112. The molecule has 0 spiro atoms. The molecule has 0 fully saturated rings. The minimum absolute atomic E-state index is 0.0379. The van der Waals surface area contributed by atoms with Crippen molar-refractivity contribution in [1.29, 1.82) is 0 Å². The second kappa shape index (κ2) is 7.46. The van der Waals surface area contributed by atoms with Crippen LogP contribution in [-0.2, 0) is 4.79 Å². The molecule has 0 saturated carbocycles. The molecule has 0 aliphatic heterocycles. The molecule has 0 aromatic carbocycles. The number of aromatic nitrogens is 1.